The van der Waals surface area contributed by atoms with E-state index < -0.39 is 23.4 Å². The summed E-state index contributed by atoms with van der Waals surface area (Å²) in [7, 11) is 0. The first-order valence-corrected chi connectivity index (χ1v) is 10.4. The van der Waals surface area contributed by atoms with Crippen LogP contribution in [-0.4, -0.2) is 55.2 Å². The van der Waals surface area contributed by atoms with E-state index in [-0.39, 0.29) is 32.5 Å². The van der Waals surface area contributed by atoms with E-state index in [4.69, 9.17) is 16.3 Å². The van der Waals surface area contributed by atoms with E-state index in [1.165, 1.54) is 17.0 Å². The van der Waals surface area contributed by atoms with Gasteiger partial charge in [0.15, 0.2) is 10.9 Å². The number of hydrogen-bond acceptors (Lipinski definition) is 5. The first-order chi connectivity index (χ1) is 14.4. The Bertz CT molecular complexity index is 1090. The number of benzene rings is 2. The van der Waals surface area contributed by atoms with E-state index >= 15 is 0 Å². The quantitative estimate of drug-likeness (QED) is 0.574. The lowest BCUT2D eigenvalue weighted by Gasteiger charge is -2.29. The summed E-state index contributed by atoms with van der Waals surface area (Å²) in [6.07, 6.45) is 0. The van der Waals surface area contributed by atoms with Crippen LogP contribution < -0.4 is 4.90 Å². The monoisotopic (exact) mass is 455 g/mol. The Morgan fingerprint density at radius 1 is 1.17 bits per heavy atom. The van der Waals surface area contributed by atoms with Gasteiger partial charge in [-0.05, 0) is 24.3 Å². The maximum absolute atomic E-state index is 14.1. The van der Waals surface area contributed by atoms with Gasteiger partial charge in [0.05, 0.1) is 28.5 Å². The van der Waals surface area contributed by atoms with Gasteiger partial charge in [0.2, 0.25) is 0 Å². The highest BCUT2D eigenvalue weighted by atomic mass is 35.5. The Balaban J connectivity index is 1.69. The molecule has 2 heterocycles. The first kappa shape index (κ1) is 21.0. The second kappa shape index (κ2) is 8.89. The van der Waals surface area contributed by atoms with Crippen molar-refractivity contribution < 1.29 is 22.7 Å². The average Bonchev–Trinajstić information content (AvgIpc) is 3.13. The minimum atomic E-state index is -0.798. The molecule has 0 N–H and O–H groups in total. The van der Waals surface area contributed by atoms with Crippen LogP contribution in [0, 0.1) is 17.5 Å². The molecule has 10 heteroatoms. The molecule has 0 saturated carbocycles. The zero-order valence-corrected chi connectivity index (χ0v) is 17.3. The predicted octanol–water partition coefficient (Wildman–Crippen LogP) is 4.35. The van der Waals surface area contributed by atoms with E-state index in [0.29, 0.717) is 19.8 Å². The normalized spacial score (nSPS) is 14.9. The number of rotatable bonds is 5. The number of anilines is 1. The van der Waals surface area contributed by atoms with Crippen LogP contribution in [0.2, 0.25) is 5.02 Å². The van der Waals surface area contributed by atoms with Crippen LogP contribution in [0.1, 0.15) is 10.4 Å². The van der Waals surface area contributed by atoms with E-state index in [9.17, 15) is 18.0 Å². The molecule has 0 atom stereocenters. The number of halogens is 4. The highest BCUT2D eigenvalue weighted by Gasteiger charge is 2.25. The van der Waals surface area contributed by atoms with Gasteiger partial charge in [0.25, 0.3) is 5.91 Å². The Morgan fingerprint density at radius 2 is 1.93 bits per heavy atom. The summed E-state index contributed by atoms with van der Waals surface area (Å²) in [6.45, 7) is 3.42. The van der Waals surface area contributed by atoms with Gasteiger partial charge in [-0.2, -0.15) is 0 Å². The van der Waals surface area contributed by atoms with Crippen LogP contribution in [-0.2, 0) is 4.74 Å². The molecule has 5 nitrogen and oxygen atoms in total. The number of nitrogens with zero attached hydrogens (tertiary/aromatic N) is 3. The van der Waals surface area contributed by atoms with Crippen molar-refractivity contribution in [3.8, 4) is 0 Å². The van der Waals surface area contributed by atoms with Crippen molar-refractivity contribution in [3.63, 3.8) is 0 Å². The van der Waals surface area contributed by atoms with E-state index in [0.717, 1.165) is 42.6 Å². The molecule has 1 aliphatic rings. The van der Waals surface area contributed by atoms with Crippen molar-refractivity contribution in [2.75, 3.05) is 44.3 Å². The fourth-order valence-corrected chi connectivity index (χ4v) is 4.50. The molecule has 1 amide bonds. The minimum absolute atomic E-state index is 0.00854. The number of thiazole rings is 1. The van der Waals surface area contributed by atoms with Gasteiger partial charge >= 0.3 is 0 Å². The molecule has 3 aromatic rings. The number of carbonyl (C=O) groups excluding carboxylic acids is 1. The van der Waals surface area contributed by atoms with Gasteiger partial charge in [0.1, 0.15) is 17.2 Å². The van der Waals surface area contributed by atoms with Crippen molar-refractivity contribution in [2.24, 2.45) is 0 Å². The lowest BCUT2D eigenvalue weighted by Crippen LogP contribution is -2.43. The zero-order valence-electron chi connectivity index (χ0n) is 15.7. The lowest BCUT2D eigenvalue weighted by molar-refractivity contribution is 0.0391. The Kier molecular flexibility index (Phi) is 6.24. The van der Waals surface area contributed by atoms with Gasteiger partial charge < -0.3 is 4.74 Å². The number of carbonyl (C=O) groups is 1. The van der Waals surface area contributed by atoms with Gasteiger partial charge in [0, 0.05) is 32.2 Å². The average molecular weight is 456 g/mol. The molecular formula is C20H17ClF3N3O2S. The Hall–Kier alpha value is -2.20. The molecule has 0 bridgehead atoms. The van der Waals surface area contributed by atoms with Gasteiger partial charge in [-0.25, -0.2) is 18.2 Å². The third kappa shape index (κ3) is 4.44. The van der Waals surface area contributed by atoms with Crippen molar-refractivity contribution in [2.45, 2.75) is 0 Å². The molecule has 1 aromatic heterocycles. The Morgan fingerprint density at radius 3 is 2.67 bits per heavy atom. The third-order valence-corrected chi connectivity index (χ3v) is 6.12. The third-order valence-electron chi connectivity index (χ3n) is 4.78. The van der Waals surface area contributed by atoms with Gasteiger partial charge in [-0.1, -0.05) is 22.9 Å². The second-order valence-corrected chi connectivity index (χ2v) is 8.18. The largest absolute Gasteiger partial charge is 0.379 e. The van der Waals surface area contributed by atoms with Crippen LogP contribution in [0.4, 0.5) is 18.3 Å². The van der Waals surface area contributed by atoms with Crippen molar-refractivity contribution in [1.29, 1.82) is 0 Å². The number of amides is 1. The number of aromatic nitrogens is 1. The van der Waals surface area contributed by atoms with Crippen molar-refractivity contribution >= 4 is 44.2 Å². The fourth-order valence-electron chi connectivity index (χ4n) is 3.22. The summed E-state index contributed by atoms with van der Waals surface area (Å²) in [5.74, 6) is -2.57. The summed E-state index contributed by atoms with van der Waals surface area (Å²) >= 11 is 7.09. The summed E-state index contributed by atoms with van der Waals surface area (Å²) in [5.41, 5.74) is 0.0942. The molecule has 0 aliphatic carbocycles. The van der Waals surface area contributed by atoms with Crippen molar-refractivity contribution in [1.82, 2.24) is 9.88 Å². The summed E-state index contributed by atoms with van der Waals surface area (Å²) in [4.78, 5) is 21.0. The molecule has 0 unspecified atom stereocenters. The number of hydrogen-bond donors (Lipinski definition) is 0. The lowest BCUT2D eigenvalue weighted by atomic mass is 10.2. The van der Waals surface area contributed by atoms with Crippen LogP contribution >= 0.6 is 22.9 Å². The maximum atomic E-state index is 14.1. The van der Waals surface area contributed by atoms with Crippen LogP contribution in [0.25, 0.3) is 10.2 Å². The molecule has 1 fully saturated rings. The Labute approximate surface area is 179 Å². The highest BCUT2D eigenvalue weighted by molar-refractivity contribution is 7.22. The standard InChI is InChI=1S/C20H17ClF3N3O2S/c21-15-9-12(22)1-2-14(15)19(28)27(4-3-26-5-7-29-8-6-26)20-25-18-16(24)10-13(23)11-17(18)30-20/h1-2,9-11H,3-8H2. The highest BCUT2D eigenvalue weighted by Crippen LogP contribution is 2.32. The molecule has 2 aromatic carbocycles. The molecule has 30 heavy (non-hydrogen) atoms. The molecule has 1 aliphatic heterocycles. The molecule has 4 rings (SSSR count). The molecule has 1 saturated heterocycles. The summed E-state index contributed by atoms with van der Waals surface area (Å²) < 4.78 is 46.8. The fraction of sp³-hybridized carbons (Fsp3) is 0.300. The molecule has 0 spiro atoms. The zero-order chi connectivity index (χ0) is 21.3. The molecule has 0 radical (unpaired) electrons. The first-order valence-electron chi connectivity index (χ1n) is 9.25. The minimum Gasteiger partial charge on any atom is -0.379 e. The molecule has 158 valence electrons. The molecular weight excluding hydrogens is 439 g/mol. The number of ether oxygens (including phenoxy) is 1. The van der Waals surface area contributed by atoms with Gasteiger partial charge in [-0.15, -0.1) is 0 Å². The van der Waals surface area contributed by atoms with E-state index in [1.807, 2.05) is 0 Å². The smallest absolute Gasteiger partial charge is 0.261 e. The van der Waals surface area contributed by atoms with E-state index in [2.05, 4.69) is 9.88 Å². The summed E-state index contributed by atoms with van der Waals surface area (Å²) in [5, 5.41) is 0.183. The number of morpholine rings is 1. The van der Waals surface area contributed by atoms with Crippen molar-refractivity contribution in [3.05, 3.63) is 58.4 Å². The van der Waals surface area contributed by atoms with Gasteiger partial charge in [-0.3, -0.25) is 14.6 Å². The van der Waals surface area contributed by atoms with Crippen LogP contribution in [0.15, 0.2) is 30.3 Å². The number of fused-ring (bicyclic) bond motifs is 1. The maximum Gasteiger partial charge on any atom is 0.261 e. The van der Waals surface area contributed by atoms with E-state index in [1.54, 1.807) is 0 Å². The summed E-state index contributed by atoms with van der Waals surface area (Å²) in [6, 6.07) is 5.43. The SMILES string of the molecule is O=C(c1ccc(F)cc1Cl)N(CCN1CCOCC1)c1nc2c(F)cc(F)cc2s1. The van der Waals surface area contributed by atoms with Crippen LogP contribution in [0.5, 0.6) is 0 Å². The topological polar surface area (TPSA) is 45.7 Å². The predicted molar refractivity (Wildman–Crippen MR) is 110 cm³/mol. The second-order valence-electron chi connectivity index (χ2n) is 6.77. The van der Waals surface area contributed by atoms with Crippen LogP contribution in [0.3, 0.4) is 0 Å².